The molecule has 0 amide bonds. The molecule has 21 heavy (non-hydrogen) atoms. The maximum atomic E-state index is 12.4. The molecule has 1 heterocycles. The molecular formula is C14H18N4O2S. The van der Waals surface area contributed by atoms with Crippen LogP contribution >= 0.6 is 0 Å². The molecule has 1 aromatic heterocycles. The summed E-state index contributed by atoms with van der Waals surface area (Å²) in [4.78, 5) is 0.208. The Kier molecular flexibility index (Phi) is 4.87. The molecule has 112 valence electrons. The minimum atomic E-state index is -3.67. The van der Waals surface area contributed by atoms with E-state index in [1.165, 1.54) is 6.20 Å². The highest BCUT2D eigenvalue weighted by atomic mass is 32.2. The van der Waals surface area contributed by atoms with Gasteiger partial charge in [-0.1, -0.05) is 19.1 Å². The average Bonchev–Trinajstić information content (AvgIpc) is 2.49. The Bertz CT molecular complexity index is 685. The molecule has 2 aromatic rings. The van der Waals surface area contributed by atoms with E-state index >= 15 is 0 Å². The van der Waals surface area contributed by atoms with Crippen LogP contribution in [0.2, 0.25) is 0 Å². The molecule has 1 unspecified atom stereocenters. The van der Waals surface area contributed by atoms with Gasteiger partial charge in [-0.3, -0.25) is 4.72 Å². The summed E-state index contributed by atoms with van der Waals surface area (Å²) in [5, 5.41) is 10.5. The number of hydrogen-bond acceptors (Lipinski definition) is 5. The van der Waals surface area contributed by atoms with Gasteiger partial charge in [0.05, 0.1) is 4.90 Å². The number of hydrogen-bond donors (Lipinski definition) is 2. The number of anilines is 1. The van der Waals surface area contributed by atoms with Crippen molar-refractivity contribution in [2.45, 2.75) is 24.3 Å². The van der Waals surface area contributed by atoms with Gasteiger partial charge in [0, 0.05) is 12.2 Å². The van der Waals surface area contributed by atoms with Crippen molar-refractivity contribution in [2.75, 3.05) is 11.8 Å². The molecule has 0 saturated carbocycles. The molecule has 2 rings (SSSR count). The van der Waals surface area contributed by atoms with Crippen LogP contribution in [0.1, 0.15) is 24.9 Å². The summed E-state index contributed by atoms with van der Waals surface area (Å²) in [6.07, 6.45) is 2.36. The van der Waals surface area contributed by atoms with Crippen LogP contribution in [-0.2, 0) is 10.0 Å². The molecule has 1 aromatic carbocycles. The third kappa shape index (κ3) is 3.77. The van der Waals surface area contributed by atoms with Gasteiger partial charge in [0.2, 0.25) is 0 Å². The Labute approximate surface area is 124 Å². The van der Waals surface area contributed by atoms with Crippen LogP contribution in [0, 0.1) is 0 Å². The number of nitrogens with zero attached hydrogens (tertiary/aromatic N) is 2. The average molecular weight is 306 g/mol. The van der Waals surface area contributed by atoms with Crippen molar-refractivity contribution in [3.8, 4) is 0 Å². The van der Waals surface area contributed by atoms with Gasteiger partial charge < -0.3 is 5.32 Å². The molecule has 0 aliphatic rings. The molecule has 7 heteroatoms. The molecule has 0 aliphatic heterocycles. The lowest BCUT2D eigenvalue weighted by Crippen LogP contribution is -2.17. The number of sulfonamides is 1. The van der Waals surface area contributed by atoms with Crippen molar-refractivity contribution >= 4 is 15.8 Å². The Balaban J connectivity index is 2.30. The normalized spacial score (nSPS) is 12.9. The van der Waals surface area contributed by atoms with Crippen molar-refractivity contribution in [3.63, 3.8) is 0 Å². The molecular weight excluding hydrogens is 288 g/mol. The molecule has 6 nitrogen and oxygen atoms in total. The van der Waals surface area contributed by atoms with Crippen LogP contribution in [0.15, 0.2) is 47.5 Å². The van der Waals surface area contributed by atoms with E-state index in [1.807, 2.05) is 20.0 Å². The van der Waals surface area contributed by atoms with Gasteiger partial charge in [-0.25, -0.2) is 8.42 Å². The second-order valence-corrected chi connectivity index (χ2v) is 6.22. The van der Waals surface area contributed by atoms with Crippen LogP contribution in [0.4, 0.5) is 5.82 Å². The van der Waals surface area contributed by atoms with E-state index in [-0.39, 0.29) is 16.8 Å². The zero-order chi connectivity index (χ0) is 15.3. The van der Waals surface area contributed by atoms with Crippen LogP contribution in [0.25, 0.3) is 0 Å². The Morgan fingerprint density at radius 3 is 2.67 bits per heavy atom. The first kappa shape index (κ1) is 15.4. The maximum absolute atomic E-state index is 12.4. The first-order valence-corrected chi connectivity index (χ1v) is 8.13. The second-order valence-electron chi connectivity index (χ2n) is 4.54. The van der Waals surface area contributed by atoms with E-state index in [9.17, 15) is 8.42 Å². The Hall–Kier alpha value is -1.99. The topological polar surface area (TPSA) is 84.0 Å². The van der Waals surface area contributed by atoms with Crippen LogP contribution < -0.4 is 10.0 Å². The zero-order valence-electron chi connectivity index (χ0n) is 11.9. The quantitative estimate of drug-likeness (QED) is 0.852. The molecule has 0 radical (unpaired) electrons. The standard InChI is InChI=1S/C14H18N4O2S/c1-3-13(15-2)11-6-4-7-12(10-11)21(19,20)18-14-8-5-9-16-17-14/h4-10,13,15H,3H2,1-2H3,(H,17,18). The lowest BCUT2D eigenvalue weighted by molar-refractivity contribution is 0.574. The smallest absolute Gasteiger partial charge is 0.263 e. The number of aromatic nitrogens is 2. The van der Waals surface area contributed by atoms with E-state index in [4.69, 9.17) is 0 Å². The van der Waals surface area contributed by atoms with Crippen molar-refractivity contribution in [1.82, 2.24) is 15.5 Å². The van der Waals surface area contributed by atoms with Crippen molar-refractivity contribution < 1.29 is 8.42 Å². The first-order valence-electron chi connectivity index (χ1n) is 6.64. The Morgan fingerprint density at radius 2 is 2.05 bits per heavy atom. The van der Waals surface area contributed by atoms with Crippen LogP contribution in [-0.4, -0.2) is 25.7 Å². The van der Waals surface area contributed by atoms with E-state index in [1.54, 1.807) is 30.3 Å². The summed E-state index contributed by atoms with van der Waals surface area (Å²) in [6, 6.07) is 10.2. The fourth-order valence-electron chi connectivity index (χ4n) is 2.06. The van der Waals surface area contributed by atoms with Gasteiger partial charge in [-0.15, -0.1) is 5.10 Å². The van der Waals surface area contributed by atoms with Gasteiger partial charge in [0.15, 0.2) is 5.82 Å². The van der Waals surface area contributed by atoms with Crippen LogP contribution in [0.5, 0.6) is 0 Å². The third-order valence-corrected chi connectivity index (χ3v) is 4.49. The van der Waals surface area contributed by atoms with Gasteiger partial charge in [-0.05, 0) is 43.3 Å². The molecule has 0 saturated heterocycles. The fourth-order valence-corrected chi connectivity index (χ4v) is 3.11. The highest BCUT2D eigenvalue weighted by Gasteiger charge is 2.17. The minimum absolute atomic E-state index is 0.122. The minimum Gasteiger partial charge on any atom is -0.313 e. The predicted molar refractivity (Wildman–Crippen MR) is 81.4 cm³/mol. The van der Waals surface area contributed by atoms with E-state index in [2.05, 4.69) is 20.2 Å². The molecule has 0 aliphatic carbocycles. The maximum Gasteiger partial charge on any atom is 0.263 e. The van der Waals surface area contributed by atoms with Crippen molar-refractivity contribution in [3.05, 3.63) is 48.2 Å². The molecule has 0 fully saturated rings. The van der Waals surface area contributed by atoms with E-state index in [0.29, 0.717) is 0 Å². The summed E-state index contributed by atoms with van der Waals surface area (Å²) in [5.41, 5.74) is 0.932. The third-order valence-electron chi connectivity index (χ3n) is 3.14. The number of nitrogens with one attached hydrogen (secondary N) is 2. The van der Waals surface area contributed by atoms with Crippen molar-refractivity contribution in [2.24, 2.45) is 0 Å². The molecule has 0 spiro atoms. The lowest BCUT2D eigenvalue weighted by Gasteiger charge is -2.15. The predicted octanol–water partition coefficient (Wildman–Crippen LogP) is 1.95. The largest absolute Gasteiger partial charge is 0.313 e. The fraction of sp³-hybridized carbons (Fsp3) is 0.286. The lowest BCUT2D eigenvalue weighted by atomic mass is 10.1. The number of benzene rings is 1. The monoisotopic (exact) mass is 306 g/mol. The first-order chi connectivity index (χ1) is 10.1. The highest BCUT2D eigenvalue weighted by molar-refractivity contribution is 7.92. The van der Waals surface area contributed by atoms with Gasteiger partial charge in [0.1, 0.15) is 0 Å². The SMILES string of the molecule is CCC(NC)c1cccc(S(=O)(=O)Nc2cccnn2)c1. The van der Waals surface area contributed by atoms with Gasteiger partial charge in [0.25, 0.3) is 10.0 Å². The van der Waals surface area contributed by atoms with Crippen molar-refractivity contribution in [1.29, 1.82) is 0 Å². The van der Waals surface area contributed by atoms with Gasteiger partial charge in [-0.2, -0.15) is 5.10 Å². The van der Waals surface area contributed by atoms with Gasteiger partial charge >= 0.3 is 0 Å². The zero-order valence-corrected chi connectivity index (χ0v) is 12.8. The van der Waals surface area contributed by atoms with E-state index in [0.717, 1.165) is 12.0 Å². The second kappa shape index (κ2) is 6.64. The summed E-state index contributed by atoms with van der Waals surface area (Å²) in [5.74, 6) is 0.198. The summed E-state index contributed by atoms with van der Waals surface area (Å²) < 4.78 is 27.1. The molecule has 1 atom stereocenters. The summed E-state index contributed by atoms with van der Waals surface area (Å²) >= 11 is 0. The van der Waals surface area contributed by atoms with E-state index < -0.39 is 10.0 Å². The molecule has 2 N–H and O–H groups in total. The summed E-state index contributed by atoms with van der Waals surface area (Å²) in [7, 11) is -1.81. The number of rotatable bonds is 6. The molecule has 0 bridgehead atoms. The highest BCUT2D eigenvalue weighted by Crippen LogP contribution is 2.21. The Morgan fingerprint density at radius 1 is 1.24 bits per heavy atom. The van der Waals surface area contributed by atoms with Crippen LogP contribution in [0.3, 0.4) is 0 Å². The summed E-state index contributed by atoms with van der Waals surface area (Å²) in [6.45, 7) is 2.04.